The minimum absolute atomic E-state index is 0.0239. The smallest absolute Gasteiger partial charge is 0.321 e. The lowest BCUT2D eigenvalue weighted by Gasteiger charge is -2.18. The van der Waals surface area contributed by atoms with Crippen molar-refractivity contribution in [2.75, 3.05) is 13.6 Å². The molecule has 0 spiro atoms. The fourth-order valence-electron chi connectivity index (χ4n) is 1.79. The van der Waals surface area contributed by atoms with Crippen LogP contribution in [0, 0.1) is 0 Å². The highest BCUT2D eigenvalue weighted by Gasteiger charge is 2.13. The first-order chi connectivity index (χ1) is 10.3. The van der Waals surface area contributed by atoms with Gasteiger partial charge in [0.05, 0.1) is 16.6 Å². The predicted octanol–water partition coefficient (Wildman–Crippen LogP) is 3.05. The molecule has 22 heavy (non-hydrogen) atoms. The van der Waals surface area contributed by atoms with Crippen LogP contribution in [0.5, 0.6) is 0 Å². The Kier molecular flexibility index (Phi) is 7.65. The molecule has 7 heteroatoms. The third-order valence-electron chi connectivity index (χ3n) is 3.13. The molecule has 1 atom stereocenters. The van der Waals surface area contributed by atoms with Crippen LogP contribution >= 0.6 is 23.2 Å². The van der Waals surface area contributed by atoms with E-state index in [0.29, 0.717) is 16.6 Å². The van der Waals surface area contributed by atoms with Gasteiger partial charge in [0, 0.05) is 12.6 Å². The van der Waals surface area contributed by atoms with Crippen molar-refractivity contribution in [3.63, 3.8) is 0 Å². The van der Waals surface area contributed by atoms with Crippen molar-refractivity contribution in [3.8, 4) is 0 Å². The van der Waals surface area contributed by atoms with Crippen LogP contribution in [0.4, 0.5) is 4.79 Å². The van der Waals surface area contributed by atoms with Crippen molar-refractivity contribution >= 4 is 35.1 Å². The van der Waals surface area contributed by atoms with Crippen molar-refractivity contribution in [1.29, 1.82) is 0 Å². The van der Waals surface area contributed by atoms with Gasteiger partial charge in [0.1, 0.15) is 0 Å². The summed E-state index contributed by atoms with van der Waals surface area (Å²) in [7, 11) is 1.77. The quantitative estimate of drug-likeness (QED) is 0.832. The molecule has 0 aliphatic heterocycles. The lowest BCUT2D eigenvalue weighted by Crippen LogP contribution is -2.46. The Morgan fingerprint density at radius 3 is 2.64 bits per heavy atom. The standard InChI is InChI=1S/C15H21Cl2N3O2/c1-4-10(2)18-15(22)19-13(21)9-20(3)8-11-6-5-7-12(16)14(11)17/h5-7,10H,4,8-9H2,1-3H3,(H2,18,19,21,22)/t10-/m0/s1. The summed E-state index contributed by atoms with van der Waals surface area (Å²) in [6, 6.07) is 4.90. The predicted molar refractivity (Wildman–Crippen MR) is 89.2 cm³/mol. The molecule has 0 aliphatic rings. The van der Waals surface area contributed by atoms with Crippen molar-refractivity contribution < 1.29 is 9.59 Å². The van der Waals surface area contributed by atoms with Gasteiger partial charge in [-0.05, 0) is 32.0 Å². The van der Waals surface area contributed by atoms with Crippen LogP contribution in [0.3, 0.4) is 0 Å². The molecule has 3 amide bonds. The average molecular weight is 346 g/mol. The zero-order chi connectivity index (χ0) is 16.7. The van der Waals surface area contributed by atoms with E-state index < -0.39 is 6.03 Å². The van der Waals surface area contributed by atoms with E-state index in [-0.39, 0.29) is 18.5 Å². The third kappa shape index (κ3) is 6.22. The summed E-state index contributed by atoms with van der Waals surface area (Å²) in [6.45, 7) is 4.36. The normalized spacial score (nSPS) is 12.1. The molecule has 0 bridgehead atoms. The van der Waals surface area contributed by atoms with Crippen molar-refractivity contribution in [1.82, 2.24) is 15.5 Å². The van der Waals surface area contributed by atoms with E-state index in [1.54, 1.807) is 24.1 Å². The monoisotopic (exact) mass is 345 g/mol. The van der Waals surface area contributed by atoms with Gasteiger partial charge in [0.2, 0.25) is 5.91 Å². The minimum atomic E-state index is -0.478. The lowest BCUT2D eigenvalue weighted by atomic mass is 10.2. The van der Waals surface area contributed by atoms with Crippen LogP contribution in [0.2, 0.25) is 10.0 Å². The molecule has 0 heterocycles. The third-order valence-corrected chi connectivity index (χ3v) is 3.99. The molecule has 1 aromatic rings. The Bertz CT molecular complexity index is 538. The summed E-state index contributed by atoms with van der Waals surface area (Å²) in [5.74, 6) is -0.374. The molecule has 1 aromatic carbocycles. The number of hydrogen-bond acceptors (Lipinski definition) is 3. The molecule has 122 valence electrons. The number of hydrogen-bond donors (Lipinski definition) is 2. The zero-order valence-electron chi connectivity index (χ0n) is 13.0. The van der Waals surface area contributed by atoms with E-state index in [9.17, 15) is 9.59 Å². The number of halogens is 2. The number of carbonyl (C=O) groups excluding carboxylic acids is 2. The van der Waals surface area contributed by atoms with Crippen LogP contribution < -0.4 is 10.6 Å². The summed E-state index contributed by atoms with van der Waals surface area (Å²) >= 11 is 12.1. The SMILES string of the molecule is CC[C@H](C)NC(=O)NC(=O)CN(C)Cc1cccc(Cl)c1Cl. The van der Waals surface area contributed by atoms with Gasteiger partial charge < -0.3 is 5.32 Å². The maximum absolute atomic E-state index is 11.8. The number of likely N-dealkylation sites (N-methyl/N-ethyl adjacent to an activating group) is 1. The molecule has 0 radical (unpaired) electrons. The highest BCUT2D eigenvalue weighted by atomic mass is 35.5. The van der Waals surface area contributed by atoms with Gasteiger partial charge in [-0.25, -0.2) is 4.79 Å². The van der Waals surface area contributed by atoms with Crippen LogP contribution in [0.25, 0.3) is 0 Å². The van der Waals surface area contributed by atoms with E-state index in [1.165, 1.54) is 0 Å². The largest absolute Gasteiger partial charge is 0.335 e. The molecule has 0 unspecified atom stereocenters. The summed E-state index contributed by atoms with van der Waals surface area (Å²) in [4.78, 5) is 25.1. The molecule has 0 saturated carbocycles. The Morgan fingerprint density at radius 1 is 1.32 bits per heavy atom. The van der Waals surface area contributed by atoms with Crippen LogP contribution in [-0.2, 0) is 11.3 Å². The second-order valence-electron chi connectivity index (χ2n) is 5.22. The Labute approximate surface area is 141 Å². The van der Waals surface area contributed by atoms with Gasteiger partial charge in [0.15, 0.2) is 0 Å². The van der Waals surface area contributed by atoms with Gasteiger partial charge in [-0.3, -0.25) is 15.0 Å². The van der Waals surface area contributed by atoms with Gasteiger partial charge in [-0.15, -0.1) is 0 Å². The first-order valence-corrected chi connectivity index (χ1v) is 7.80. The first-order valence-electron chi connectivity index (χ1n) is 7.05. The number of carbonyl (C=O) groups is 2. The zero-order valence-corrected chi connectivity index (χ0v) is 14.5. The minimum Gasteiger partial charge on any atom is -0.335 e. The highest BCUT2D eigenvalue weighted by Crippen LogP contribution is 2.26. The van der Waals surface area contributed by atoms with Crippen molar-refractivity contribution in [2.45, 2.75) is 32.9 Å². The number of urea groups is 1. The maximum atomic E-state index is 11.8. The number of nitrogens with one attached hydrogen (secondary N) is 2. The molecule has 0 saturated heterocycles. The number of imide groups is 1. The Balaban J connectivity index is 2.47. The molecular weight excluding hydrogens is 325 g/mol. The first kappa shape index (κ1) is 18.7. The van der Waals surface area contributed by atoms with Crippen LogP contribution in [0.15, 0.2) is 18.2 Å². The second-order valence-corrected chi connectivity index (χ2v) is 6.00. The molecule has 2 N–H and O–H groups in total. The fourth-order valence-corrected chi connectivity index (χ4v) is 2.17. The van der Waals surface area contributed by atoms with E-state index in [0.717, 1.165) is 12.0 Å². The number of rotatable bonds is 6. The summed E-state index contributed by atoms with van der Waals surface area (Å²) < 4.78 is 0. The molecule has 5 nitrogen and oxygen atoms in total. The fraction of sp³-hybridized carbons (Fsp3) is 0.467. The number of amides is 3. The average Bonchev–Trinajstić information content (AvgIpc) is 2.43. The molecular formula is C15H21Cl2N3O2. The van der Waals surface area contributed by atoms with E-state index in [4.69, 9.17) is 23.2 Å². The molecule has 0 fully saturated rings. The van der Waals surface area contributed by atoms with Crippen LogP contribution in [-0.4, -0.2) is 36.5 Å². The lowest BCUT2D eigenvalue weighted by molar-refractivity contribution is -0.120. The number of nitrogens with zero attached hydrogens (tertiary/aromatic N) is 1. The maximum Gasteiger partial charge on any atom is 0.321 e. The van der Waals surface area contributed by atoms with E-state index in [1.807, 2.05) is 19.9 Å². The van der Waals surface area contributed by atoms with E-state index >= 15 is 0 Å². The van der Waals surface area contributed by atoms with Crippen molar-refractivity contribution in [3.05, 3.63) is 33.8 Å². The Morgan fingerprint density at radius 2 is 2.00 bits per heavy atom. The van der Waals surface area contributed by atoms with Crippen LogP contribution in [0.1, 0.15) is 25.8 Å². The van der Waals surface area contributed by atoms with Crippen molar-refractivity contribution in [2.24, 2.45) is 0 Å². The second kappa shape index (κ2) is 8.98. The molecule has 1 rings (SSSR count). The highest BCUT2D eigenvalue weighted by molar-refractivity contribution is 6.42. The van der Waals surface area contributed by atoms with Gasteiger partial charge in [0.25, 0.3) is 0 Å². The van der Waals surface area contributed by atoms with Gasteiger partial charge in [-0.2, -0.15) is 0 Å². The number of benzene rings is 1. The van der Waals surface area contributed by atoms with E-state index in [2.05, 4.69) is 10.6 Å². The Hall–Kier alpha value is -1.30. The van der Waals surface area contributed by atoms with Gasteiger partial charge >= 0.3 is 6.03 Å². The van der Waals surface area contributed by atoms with Gasteiger partial charge in [-0.1, -0.05) is 42.3 Å². The molecule has 0 aliphatic carbocycles. The summed E-state index contributed by atoms with van der Waals surface area (Å²) in [5, 5.41) is 5.92. The summed E-state index contributed by atoms with van der Waals surface area (Å²) in [5.41, 5.74) is 0.827. The summed E-state index contributed by atoms with van der Waals surface area (Å²) in [6.07, 6.45) is 0.800. The molecule has 0 aromatic heterocycles. The topological polar surface area (TPSA) is 61.4 Å².